The molecule has 1 aromatic heterocycles. The van der Waals surface area contributed by atoms with Gasteiger partial charge in [0, 0.05) is 46.8 Å². The molecule has 31 heavy (non-hydrogen) atoms. The number of piperazine rings is 1. The second-order valence-corrected chi connectivity index (χ2v) is 7.65. The zero-order chi connectivity index (χ0) is 23.1. The first kappa shape index (κ1) is 22.9. The first-order valence-electron chi connectivity index (χ1n) is 9.68. The number of alkyl halides is 3. The Bertz CT molecular complexity index is 1010. The van der Waals surface area contributed by atoms with E-state index in [1.54, 1.807) is 15.9 Å². The maximum absolute atomic E-state index is 13.0. The first-order chi connectivity index (χ1) is 14.4. The first-order valence-corrected chi connectivity index (χ1v) is 9.68. The van der Waals surface area contributed by atoms with Gasteiger partial charge in [0.25, 0.3) is 5.56 Å². The van der Waals surface area contributed by atoms with Crippen molar-refractivity contribution in [3.8, 4) is 0 Å². The molecule has 2 aliphatic heterocycles. The number of halogens is 3. The van der Waals surface area contributed by atoms with Gasteiger partial charge in [0.1, 0.15) is 0 Å². The van der Waals surface area contributed by atoms with Crippen LogP contribution in [0.15, 0.2) is 21.2 Å². The van der Waals surface area contributed by atoms with Gasteiger partial charge in [0.05, 0.1) is 0 Å². The monoisotopic (exact) mass is 446 g/mol. The van der Waals surface area contributed by atoms with Crippen molar-refractivity contribution in [1.82, 2.24) is 19.4 Å². The number of nitrogens with zero attached hydrogens (tertiary/aromatic N) is 5. The molecule has 2 aliphatic rings. The molecule has 0 aliphatic carbocycles. The average Bonchev–Trinajstić information content (AvgIpc) is 3.03. The summed E-state index contributed by atoms with van der Waals surface area (Å²) in [5.41, 5.74) is -0.528. The van der Waals surface area contributed by atoms with Crippen molar-refractivity contribution in [2.45, 2.75) is 26.3 Å². The molecule has 1 aromatic rings. The van der Waals surface area contributed by atoms with Gasteiger partial charge in [-0.2, -0.15) is 13.2 Å². The quantitative estimate of drug-likeness (QED) is 0.641. The van der Waals surface area contributed by atoms with Gasteiger partial charge in [0.15, 0.2) is 17.8 Å². The van der Waals surface area contributed by atoms with Crippen molar-refractivity contribution in [2.75, 3.05) is 42.7 Å². The Kier molecular flexibility index (Phi) is 6.18. The Morgan fingerprint density at radius 1 is 1.16 bits per heavy atom. The topological polar surface area (TPSA) is 92.0 Å². The Balaban J connectivity index is 2.23. The molecule has 1 unspecified atom stereocenters. The minimum Gasteiger partial charge on any atom is -0.327 e. The van der Waals surface area contributed by atoms with Gasteiger partial charge in [-0.15, -0.1) is 5.06 Å². The Hall–Kier alpha value is -2.80. The van der Waals surface area contributed by atoms with Crippen LogP contribution in [-0.4, -0.2) is 65.2 Å². The largest absolute Gasteiger partial charge is 0.493 e. The Morgan fingerprint density at radius 2 is 1.77 bits per heavy atom. The molecule has 0 radical (unpaired) electrons. The molecule has 0 saturated carbocycles. The van der Waals surface area contributed by atoms with E-state index in [1.807, 2.05) is 13.8 Å². The highest BCUT2D eigenvalue weighted by Gasteiger charge is 2.50. The fraction of sp³-hybridized carbons (Fsp3) is 0.611. The average molecular weight is 446 g/mol. The van der Waals surface area contributed by atoms with Gasteiger partial charge in [-0.1, -0.05) is 11.6 Å². The van der Waals surface area contributed by atoms with Crippen LogP contribution in [0.4, 0.5) is 24.7 Å². The molecule has 0 bridgehead atoms. The zero-order valence-corrected chi connectivity index (χ0v) is 17.7. The number of carbonyl (C=O) groups excluding carboxylic acids is 1. The molecule has 10 nitrogen and oxygen atoms in total. The van der Waals surface area contributed by atoms with Crippen molar-refractivity contribution >= 4 is 17.5 Å². The summed E-state index contributed by atoms with van der Waals surface area (Å²) < 4.78 is 41.0. The summed E-state index contributed by atoms with van der Waals surface area (Å²) in [6.07, 6.45) is -4.47. The van der Waals surface area contributed by atoms with Crippen LogP contribution in [0, 0.1) is 0 Å². The second kappa shape index (κ2) is 8.38. The molecular weight excluding hydrogens is 421 g/mol. The lowest BCUT2D eigenvalue weighted by Gasteiger charge is -2.40. The molecule has 0 aromatic carbocycles. The smallest absolute Gasteiger partial charge is 0.327 e. The SMILES string of the molecule is CC(C)=CCN1c2c(n(C)c(=O)n(C)c2=O)N(OC(=O)C(F)(F)F)C1N1CCNCC1. The molecule has 0 spiro atoms. The lowest BCUT2D eigenvalue weighted by Crippen LogP contribution is -2.61. The molecule has 172 valence electrons. The van der Waals surface area contributed by atoms with Gasteiger partial charge in [-0.05, 0) is 13.8 Å². The second-order valence-electron chi connectivity index (χ2n) is 7.65. The normalized spacial score (nSPS) is 19.4. The number of fused-ring (bicyclic) bond motifs is 1. The van der Waals surface area contributed by atoms with Crippen LogP contribution >= 0.6 is 0 Å². The van der Waals surface area contributed by atoms with Crippen molar-refractivity contribution in [2.24, 2.45) is 14.1 Å². The van der Waals surface area contributed by atoms with E-state index in [9.17, 15) is 27.6 Å². The third-order valence-electron chi connectivity index (χ3n) is 5.18. The molecule has 1 atom stereocenters. The number of hydrogen-bond donors (Lipinski definition) is 1. The molecule has 1 fully saturated rings. The van der Waals surface area contributed by atoms with E-state index in [0.29, 0.717) is 26.2 Å². The predicted octanol–water partition coefficient (Wildman–Crippen LogP) is -0.114. The van der Waals surface area contributed by atoms with Crippen LogP contribution in [-0.2, 0) is 23.7 Å². The number of allylic oxidation sites excluding steroid dienone is 1. The highest BCUT2D eigenvalue weighted by atomic mass is 19.4. The van der Waals surface area contributed by atoms with Crippen LogP contribution in [0.2, 0.25) is 0 Å². The number of hydroxylamine groups is 1. The van der Waals surface area contributed by atoms with Gasteiger partial charge >= 0.3 is 17.8 Å². The number of hydrogen-bond acceptors (Lipinski definition) is 8. The number of aromatic nitrogens is 2. The van der Waals surface area contributed by atoms with E-state index in [4.69, 9.17) is 4.84 Å². The number of carbonyl (C=O) groups is 1. The lowest BCUT2D eigenvalue weighted by molar-refractivity contribution is -0.203. The van der Waals surface area contributed by atoms with Crippen LogP contribution in [0.1, 0.15) is 13.8 Å². The molecule has 13 heteroatoms. The van der Waals surface area contributed by atoms with E-state index >= 15 is 0 Å². The molecule has 1 saturated heterocycles. The lowest BCUT2D eigenvalue weighted by atomic mass is 10.3. The van der Waals surface area contributed by atoms with Crippen LogP contribution in [0.3, 0.4) is 0 Å². The van der Waals surface area contributed by atoms with Gasteiger partial charge < -0.3 is 15.1 Å². The summed E-state index contributed by atoms with van der Waals surface area (Å²) in [5, 5.41) is 3.88. The Labute approximate surface area is 176 Å². The van der Waals surface area contributed by atoms with Crippen molar-refractivity contribution in [1.29, 1.82) is 0 Å². The maximum Gasteiger partial charge on any atom is 0.493 e. The number of nitrogens with one attached hydrogen (secondary N) is 1. The van der Waals surface area contributed by atoms with E-state index in [1.165, 1.54) is 14.1 Å². The maximum atomic E-state index is 13.0. The summed E-state index contributed by atoms with van der Waals surface area (Å²) in [7, 11) is 2.60. The summed E-state index contributed by atoms with van der Waals surface area (Å²) in [5.74, 6) is -2.63. The van der Waals surface area contributed by atoms with E-state index in [-0.39, 0.29) is 18.1 Å². The fourth-order valence-corrected chi connectivity index (χ4v) is 3.63. The van der Waals surface area contributed by atoms with Crippen LogP contribution < -0.4 is 26.5 Å². The summed E-state index contributed by atoms with van der Waals surface area (Å²) in [6.45, 7) is 5.82. The number of rotatable bonds is 4. The molecule has 1 N–H and O–H groups in total. The Morgan fingerprint density at radius 3 is 2.32 bits per heavy atom. The van der Waals surface area contributed by atoms with Gasteiger partial charge in [-0.3, -0.25) is 18.8 Å². The summed E-state index contributed by atoms with van der Waals surface area (Å²) in [4.78, 5) is 45.4. The van der Waals surface area contributed by atoms with Crippen molar-refractivity contribution in [3.05, 3.63) is 32.5 Å². The molecule has 0 amide bonds. The molecule has 3 heterocycles. The molecule has 3 rings (SSSR count). The van der Waals surface area contributed by atoms with Gasteiger partial charge in [-0.25, -0.2) is 9.59 Å². The minimum absolute atomic E-state index is 0.0133. The summed E-state index contributed by atoms with van der Waals surface area (Å²) >= 11 is 0. The van der Waals surface area contributed by atoms with Gasteiger partial charge in [0.2, 0.25) is 0 Å². The van der Waals surface area contributed by atoms with E-state index in [0.717, 1.165) is 19.8 Å². The zero-order valence-electron chi connectivity index (χ0n) is 17.7. The van der Waals surface area contributed by atoms with Crippen molar-refractivity contribution in [3.63, 3.8) is 0 Å². The highest BCUT2D eigenvalue weighted by Crippen LogP contribution is 2.38. The van der Waals surface area contributed by atoms with E-state index < -0.39 is 29.7 Å². The number of anilines is 2. The third-order valence-corrected chi connectivity index (χ3v) is 5.18. The van der Waals surface area contributed by atoms with Crippen LogP contribution in [0.5, 0.6) is 0 Å². The highest BCUT2D eigenvalue weighted by molar-refractivity contribution is 5.80. The summed E-state index contributed by atoms with van der Waals surface area (Å²) in [6, 6.07) is 0. The van der Waals surface area contributed by atoms with Crippen molar-refractivity contribution < 1.29 is 22.8 Å². The third kappa shape index (κ3) is 4.19. The minimum atomic E-state index is -5.25. The van der Waals surface area contributed by atoms with E-state index in [2.05, 4.69) is 5.32 Å². The fourth-order valence-electron chi connectivity index (χ4n) is 3.63. The standard InChI is InChI=1S/C18H25F3N6O4/c1-11(2)5-8-26-12-13(23(3)17(30)24(4)14(12)28)27(31-15(29)18(19,20)21)16(26)25-9-6-22-7-10-25/h5,16,22H,6-10H2,1-4H3. The molecular formula is C18H25F3N6O4. The van der Waals surface area contributed by atoms with Crippen LogP contribution in [0.25, 0.3) is 0 Å². The predicted molar refractivity (Wildman–Crippen MR) is 107 cm³/mol.